The number of nitrogens with one attached hydrogen (secondary N) is 1. The molecule has 152 valence electrons. The number of amides is 2. The molecule has 5 nitrogen and oxygen atoms in total. The molecule has 1 heterocycles. The van der Waals surface area contributed by atoms with Crippen molar-refractivity contribution in [1.29, 1.82) is 0 Å². The van der Waals surface area contributed by atoms with E-state index in [4.69, 9.17) is 0 Å². The second-order valence-electron chi connectivity index (χ2n) is 9.87. The van der Waals surface area contributed by atoms with Crippen LogP contribution in [0.5, 0.6) is 0 Å². The second-order valence-corrected chi connectivity index (χ2v) is 9.87. The van der Waals surface area contributed by atoms with Gasteiger partial charge in [-0.15, -0.1) is 0 Å². The van der Waals surface area contributed by atoms with Gasteiger partial charge in [-0.25, -0.2) is 0 Å². The molecule has 5 aliphatic rings. The van der Waals surface area contributed by atoms with Gasteiger partial charge in [0.05, 0.1) is 0 Å². The Morgan fingerprint density at radius 1 is 1.04 bits per heavy atom. The van der Waals surface area contributed by atoms with Crippen LogP contribution in [0.25, 0.3) is 0 Å². The monoisotopic (exact) mass is 375 g/mol. The number of likely N-dealkylation sites (tertiary alicyclic amines) is 1. The third kappa shape index (κ3) is 3.90. The number of nitrogens with zero attached hydrogens (tertiary/aromatic N) is 2. The van der Waals surface area contributed by atoms with Gasteiger partial charge >= 0.3 is 0 Å². The van der Waals surface area contributed by atoms with Crippen molar-refractivity contribution < 1.29 is 9.59 Å². The lowest BCUT2D eigenvalue weighted by Crippen LogP contribution is -2.54. The highest BCUT2D eigenvalue weighted by Gasteiger charge is 2.54. The Balaban J connectivity index is 1.23. The van der Waals surface area contributed by atoms with E-state index in [1.54, 1.807) is 0 Å². The van der Waals surface area contributed by atoms with Gasteiger partial charge in [0, 0.05) is 44.6 Å². The van der Waals surface area contributed by atoms with Gasteiger partial charge in [0.15, 0.2) is 0 Å². The Morgan fingerprint density at radius 2 is 1.59 bits per heavy atom. The minimum absolute atomic E-state index is 0.101. The summed E-state index contributed by atoms with van der Waals surface area (Å²) >= 11 is 0. The van der Waals surface area contributed by atoms with Crippen molar-refractivity contribution in [2.24, 2.45) is 23.2 Å². The molecule has 5 fully saturated rings. The Kier molecular flexibility index (Phi) is 5.50. The predicted octanol–water partition coefficient (Wildman–Crippen LogP) is 2.65. The van der Waals surface area contributed by atoms with Crippen LogP contribution in [0, 0.1) is 23.2 Å². The first-order valence-electron chi connectivity index (χ1n) is 11.3. The highest BCUT2D eigenvalue weighted by molar-refractivity contribution is 5.84. The first-order chi connectivity index (χ1) is 13.0. The van der Waals surface area contributed by atoms with Gasteiger partial charge in [-0.05, 0) is 75.7 Å². The number of hydrogen-bond donors (Lipinski definition) is 1. The lowest BCUT2D eigenvalue weighted by Gasteiger charge is -2.55. The van der Waals surface area contributed by atoms with Gasteiger partial charge < -0.3 is 15.1 Å². The highest BCUT2D eigenvalue weighted by atomic mass is 16.2. The molecule has 1 N–H and O–H groups in total. The Hall–Kier alpha value is -1.10. The zero-order valence-corrected chi connectivity index (χ0v) is 17.2. The van der Waals surface area contributed by atoms with Crippen molar-refractivity contribution >= 4 is 11.8 Å². The average Bonchev–Trinajstić information content (AvgIpc) is 2.66. The molecule has 0 aromatic carbocycles. The van der Waals surface area contributed by atoms with Crippen LogP contribution in [0.3, 0.4) is 0 Å². The van der Waals surface area contributed by atoms with Crippen LogP contribution in [0.15, 0.2) is 0 Å². The lowest BCUT2D eigenvalue weighted by atomic mass is 9.49. The van der Waals surface area contributed by atoms with Crippen LogP contribution in [0.1, 0.15) is 64.7 Å². The van der Waals surface area contributed by atoms with E-state index in [1.165, 1.54) is 19.3 Å². The topological polar surface area (TPSA) is 52.6 Å². The van der Waals surface area contributed by atoms with Gasteiger partial charge in [0.2, 0.25) is 11.8 Å². The van der Waals surface area contributed by atoms with Gasteiger partial charge in [0.25, 0.3) is 0 Å². The van der Waals surface area contributed by atoms with E-state index < -0.39 is 0 Å². The van der Waals surface area contributed by atoms with Crippen molar-refractivity contribution in [1.82, 2.24) is 15.1 Å². The summed E-state index contributed by atoms with van der Waals surface area (Å²) in [5, 5.41) is 3.15. The normalized spacial score (nSPS) is 36.0. The molecule has 1 saturated heterocycles. The van der Waals surface area contributed by atoms with Crippen LogP contribution < -0.4 is 5.32 Å². The summed E-state index contributed by atoms with van der Waals surface area (Å²) in [6.45, 7) is 5.96. The van der Waals surface area contributed by atoms with E-state index in [0.717, 1.165) is 69.5 Å². The summed E-state index contributed by atoms with van der Waals surface area (Å²) in [6, 6.07) is 0.360. The van der Waals surface area contributed by atoms with E-state index in [-0.39, 0.29) is 17.2 Å². The van der Waals surface area contributed by atoms with E-state index in [1.807, 2.05) is 11.9 Å². The van der Waals surface area contributed by atoms with Gasteiger partial charge in [-0.1, -0.05) is 6.92 Å². The largest absolute Gasteiger partial charge is 0.355 e. The molecule has 4 aliphatic carbocycles. The Morgan fingerprint density at radius 3 is 2.11 bits per heavy atom. The van der Waals surface area contributed by atoms with E-state index in [9.17, 15) is 9.59 Å². The average molecular weight is 376 g/mol. The van der Waals surface area contributed by atoms with Crippen LogP contribution in [-0.2, 0) is 9.59 Å². The molecule has 0 atom stereocenters. The summed E-state index contributed by atoms with van der Waals surface area (Å²) in [5.74, 6) is 2.76. The smallest absolute Gasteiger partial charge is 0.226 e. The molecule has 2 amide bonds. The van der Waals surface area contributed by atoms with Crippen molar-refractivity contribution in [3.05, 3.63) is 0 Å². The van der Waals surface area contributed by atoms with Crippen molar-refractivity contribution in [2.45, 2.75) is 70.8 Å². The number of hydrogen-bond acceptors (Lipinski definition) is 3. The van der Waals surface area contributed by atoms with Crippen LogP contribution in [0.4, 0.5) is 0 Å². The Bertz CT molecular complexity index is 533. The summed E-state index contributed by atoms with van der Waals surface area (Å²) in [4.78, 5) is 29.9. The first-order valence-corrected chi connectivity index (χ1v) is 11.3. The maximum atomic E-state index is 13.0. The maximum Gasteiger partial charge on any atom is 0.226 e. The summed E-state index contributed by atoms with van der Waals surface area (Å²) in [6.07, 6.45) is 9.90. The zero-order valence-electron chi connectivity index (χ0n) is 17.2. The quantitative estimate of drug-likeness (QED) is 0.776. The van der Waals surface area contributed by atoms with Crippen molar-refractivity contribution in [3.63, 3.8) is 0 Å². The molecule has 0 aromatic rings. The number of carbonyl (C=O) groups excluding carboxylic acids is 2. The molecule has 5 rings (SSSR count). The van der Waals surface area contributed by atoms with Crippen LogP contribution in [0.2, 0.25) is 0 Å². The zero-order chi connectivity index (χ0) is 19.0. The third-order valence-corrected chi connectivity index (χ3v) is 8.09. The van der Waals surface area contributed by atoms with Crippen molar-refractivity contribution in [2.75, 3.05) is 33.2 Å². The second kappa shape index (κ2) is 7.73. The molecule has 4 bridgehead atoms. The molecular formula is C22H37N3O2. The first kappa shape index (κ1) is 19.2. The number of piperidine rings is 1. The molecule has 1 aliphatic heterocycles. The number of rotatable bonds is 6. The van der Waals surface area contributed by atoms with E-state index in [0.29, 0.717) is 19.0 Å². The fourth-order valence-corrected chi connectivity index (χ4v) is 6.86. The minimum Gasteiger partial charge on any atom is -0.355 e. The summed E-state index contributed by atoms with van der Waals surface area (Å²) in [5.41, 5.74) is -0.101. The van der Waals surface area contributed by atoms with E-state index in [2.05, 4.69) is 17.1 Å². The molecule has 5 heteroatoms. The molecule has 27 heavy (non-hydrogen) atoms. The molecular weight excluding hydrogens is 338 g/mol. The molecule has 0 spiro atoms. The van der Waals surface area contributed by atoms with Crippen LogP contribution in [-0.4, -0.2) is 60.9 Å². The SMILES string of the molecule is CCN1CCC(N(C)C(=O)CCNC(=O)C23CC4CC(CC(C4)C2)C3)CC1. The highest BCUT2D eigenvalue weighted by Crippen LogP contribution is 2.60. The van der Waals surface area contributed by atoms with Gasteiger partial charge in [0.1, 0.15) is 0 Å². The van der Waals surface area contributed by atoms with Gasteiger partial charge in [-0.3, -0.25) is 9.59 Å². The number of carbonyl (C=O) groups is 2. The predicted molar refractivity (Wildman–Crippen MR) is 106 cm³/mol. The third-order valence-electron chi connectivity index (χ3n) is 8.09. The van der Waals surface area contributed by atoms with E-state index >= 15 is 0 Å². The fourth-order valence-electron chi connectivity index (χ4n) is 6.86. The maximum absolute atomic E-state index is 13.0. The molecule has 0 unspecified atom stereocenters. The van der Waals surface area contributed by atoms with Crippen molar-refractivity contribution in [3.8, 4) is 0 Å². The molecule has 0 radical (unpaired) electrons. The molecule has 0 aromatic heterocycles. The van der Waals surface area contributed by atoms with Gasteiger partial charge in [-0.2, -0.15) is 0 Å². The standard InChI is InChI=1S/C22H37N3O2/c1-3-25-8-5-19(6-9-25)24(2)20(26)4-7-23-21(27)22-13-16-10-17(14-22)12-18(11-16)15-22/h16-19H,3-15H2,1-2H3,(H,23,27). The summed E-state index contributed by atoms with van der Waals surface area (Å²) < 4.78 is 0. The van der Waals surface area contributed by atoms with Crippen LogP contribution >= 0.6 is 0 Å². The lowest BCUT2D eigenvalue weighted by molar-refractivity contribution is -0.146. The minimum atomic E-state index is -0.101. The summed E-state index contributed by atoms with van der Waals surface area (Å²) in [7, 11) is 1.94. The Labute approximate surface area is 164 Å². The molecule has 4 saturated carbocycles. The fraction of sp³-hybridized carbons (Fsp3) is 0.909.